The molecular weight excluding hydrogens is 349 g/mol. The monoisotopic (exact) mass is 366 g/mol. The molecule has 0 heterocycles. The molecular formula is C20H18ClF3O. The summed E-state index contributed by atoms with van der Waals surface area (Å²) in [6, 6.07) is 13.0. The molecule has 2 aromatic rings. The molecule has 2 atom stereocenters. The fourth-order valence-corrected chi connectivity index (χ4v) is 4.00. The minimum Gasteiger partial charge on any atom is -0.299 e. The SMILES string of the molecule is CC1(C)[C@H](C(=O)Cc2cc(Cl)ccc2C(F)(F)F)[C@H]1c1ccccc1. The van der Waals surface area contributed by atoms with E-state index in [2.05, 4.69) is 0 Å². The van der Waals surface area contributed by atoms with Crippen molar-refractivity contribution in [3.8, 4) is 0 Å². The van der Waals surface area contributed by atoms with Crippen LogP contribution in [0.5, 0.6) is 0 Å². The molecule has 1 fully saturated rings. The van der Waals surface area contributed by atoms with Crippen molar-refractivity contribution in [1.29, 1.82) is 0 Å². The van der Waals surface area contributed by atoms with Crippen LogP contribution >= 0.6 is 11.6 Å². The second kappa shape index (κ2) is 6.17. The van der Waals surface area contributed by atoms with Gasteiger partial charge in [-0.1, -0.05) is 55.8 Å². The molecule has 0 spiro atoms. The van der Waals surface area contributed by atoms with Crippen molar-refractivity contribution in [3.05, 3.63) is 70.2 Å². The Morgan fingerprint density at radius 2 is 1.76 bits per heavy atom. The molecule has 1 saturated carbocycles. The summed E-state index contributed by atoms with van der Waals surface area (Å²) in [5, 5.41) is 0.200. The number of benzene rings is 2. The second-order valence-electron chi connectivity index (χ2n) is 7.13. The Bertz CT molecular complexity index is 796. The Labute approximate surface area is 149 Å². The number of alkyl halides is 3. The van der Waals surface area contributed by atoms with Crippen LogP contribution < -0.4 is 0 Å². The zero-order valence-electron chi connectivity index (χ0n) is 13.9. The minimum absolute atomic E-state index is 0.0368. The van der Waals surface area contributed by atoms with E-state index in [9.17, 15) is 18.0 Å². The van der Waals surface area contributed by atoms with Crippen LogP contribution in [0, 0.1) is 11.3 Å². The van der Waals surface area contributed by atoms with Gasteiger partial charge in [0.2, 0.25) is 0 Å². The van der Waals surface area contributed by atoms with Crippen molar-refractivity contribution in [2.45, 2.75) is 32.4 Å². The summed E-state index contributed by atoms with van der Waals surface area (Å²) in [5.74, 6) is -0.420. The summed E-state index contributed by atoms with van der Waals surface area (Å²) in [7, 11) is 0. The summed E-state index contributed by atoms with van der Waals surface area (Å²) in [6.07, 6.45) is -4.76. The molecule has 0 aliphatic heterocycles. The van der Waals surface area contributed by atoms with E-state index in [1.54, 1.807) is 0 Å². The highest BCUT2D eigenvalue weighted by Crippen LogP contribution is 2.65. The van der Waals surface area contributed by atoms with E-state index in [0.29, 0.717) is 0 Å². The summed E-state index contributed by atoms with van der Waals surface area (Å²) in [6.45, 7) is 3.96. The summed E-state index contributed by atoms with van der Waals surface area (Å²) < 4.78 is 39.6. The number of rotatable bonds is 4. The van der Waals surface area contributed by atoms with Gasteiger partial charge in [-0.05, 0) is 40.7 Å². The van der Waals surface area contributed by atoms with Crippen molar-refractivity contribution >= 4 is 17.4 Å². The first-order chi connectivity index (χ1) is 11.6. The number of hydrogen-bond donors (Lipinski definition) is 0. The molecule has 132 valence electrons. The van der Waals surface area contributed by atoms with Crippen LogP contribution in [0.2, 0.25) is 5.02 Å². The van der Waals surface area contributed by atoms with E-state index in [-0.39, 0.29) is 40.0 Å². The largest absolute Gasteiger partial charge is 0.416 e. The Kier molecular flexibility index (Phi) is 4.44. The Morgan fingerprint density at radius 3 is 2.36 bits per heavy atom. The molecule has 25 heavy (non-hydrogen) atoms. The van der Waals surface area contributed by atoms with E-state index in [4.69, 9.17) is 11.6 Å². The molecule has 1 aliphatic carbocycles. The van der Waals surface area contributed by atoms with Gasteiger partial charge < -0.3 is 0 Å². The molecule has 1 aliphatic rings. The summed E-state index contributed by atoms with van der Waals surface area (Å²) in [5.41, 5.74) is -0.0532. The van der Waals surface area contributed by atoms with Crippen LogP contribution in [0.15, 0.2) is 48.5 Å². The number of carbonyl (C=O) groups excluding carboxylic acids is 1. The smallest absolute Gasteiger partial charge is 0.299 e. The van der Waals surface area contributed by atoms with Crippen LogP contribution in [-0.4, -0.2) is 5.78 Å². The number of Topliss-reactive ketones (excluding diaryl/α,β-unsaturated/α-hetero) is 1. The van der Waals surface area contributed by atoms with Gasteiger partial charge in [-0.3, -0.25) is 4.79 Å². The maximum absolute atomic E-state index is 13.2. The molecule has 3 rings (SSSR count). The van der Waals surface area contributed by atoms with Crippen molar-refractivity contribution in [2.75, 3.05) is 0 Å². The summed E-state index contributed by atoms with van der Waals surface area (Å²) in [4.78, 5) is 12.8. The first-order valence-corrected chi connectivity index (χ1v) is 8.43. The Hall–Kier alpha value is -1.81. The third-order valence-corrected chi connectivity index (χ3v) is 5.31. The van der Waals surface area contributed by atoms with E-state index in [1.807, 2.05) is 44.2 Å². The van der Waals surface area contributed by atoms with E-state index in [0.717, 1.165) is 11.6 Å². The van der Waals surface area contributed by atoms with Crippen LogP contribution in [0.3, 0.4) is 0 Å². The third kappa shape index (κ3) is 3.45. The van der Waals surface area contributed by atoms with Gasteiger partial charge in [-0.25, -0.2) is 0 Å². The van der Waals surface area contributed by atoms with E-state index in [1.165, 1.54) is 12.1 Å². The minimum atomic E-state index is -4.50. The van der Waals surface area contributed by atoms with Gasteiger partial charge in [0.1, 0.15) is 5.78 Å². The molecule has 0 unspecified atom stereocenters. The van der Waals surface area contributed by atoms with Crippen LogP contribution in [0.4, 0.5) is 13.2 Å². The van der Waals surface area contributed by atoms with Gasteiger partial charge in [0.25, 0.3) is 0 Å². The predicted molar refractivity (Wildman–Crippen MR) is 91.6 cm³/mol. The first-order valence-electron chi connectivity index (χ1n) is 8.05. The van der Waals surface area contributed by atoms with Gasteiger partial charge in [0.15, 0.2) is 0 Å². The van der Waals surface area contributed by atoms with Crippen molar-refractivity contribution in [3.63, 3.8) is 0 Å². The number of hydrogen-bond acceptors (Lipinski definition) is 1. The highest BCUT2D eigenvalue weighted by molar-refractivity contribution is 6.30. The molecule has 0 saturated heterocycles. The topological polar surface area (TPSA) is 17.1 Å². The number of ketones is 1. The Morgan fingerprint density at radius 1 is 1.12 bits per heavy atom. The van der Waals surface area contributed by atoms with Crippen LogP contribution in [0.25, 0.3) is 0 Å². The normalized spacial score (nSPS) is 21.8. The molecule has 0 aromatic heterocycles. The van der Waals surface area contributed by atoms with Gasteiger partial charge in [-0.15, -0.1) is 0 Å². The van der Waals surface area contributed by atoms with E-state index >= 15 is 0 Å². The van der Waals surface area contributed by atoms with Crippen LogP contribution in [-0.2, 0) is 17.4 Å². The zero-order valence-corrected chi connectivity index (χ0v) is 14.7. The van der Waals surface area contributed by atoms with Crippen molar-refractivity contribution in [1.82, 2.24) is 0 Å². The Balaban J connectivity index is 1.86. The van der Waals surface area contributed by atoms with Crippen molar-refractivity contribution < 1.29 is 18.0 Å². The van der Waals surface area contributed by atoms with Gasteiger partial charge in [0, 0.05) is 17.4 Å². The molecule has 0 radical (unpaired) electrons. The maximum atomic E-state index is 13.2. The molecule has 0 amide bonds. The number of halogens is 4. The molecule has 1 nitrogen and oxygen atoms in total. The lowest BCUT2D eigenvalue weighted by Crippen LogP contribution is -2.15. The standard InChI is InChI=1S/C20H18ClF3O/c1-19(2)17(12-6-4-3-5-7-12)18(19)16(25)11-13-10-14(21)8-9-15(13)20(22,23)24/h3-10,17-18H,11H2,1-2H3/t17-,18-/m1/s1. The molecule has 2 aromatic carbocycles. The third-order valence-electron chi connectivity index (χ3n) is 5.07. The fourth-order valence-electron chi connectivity index (χ4n) is 3.80. The molecule has 5 heteroatoms. The zero-order chi connectivity index (χ0) is 18.4. The first kappa shape index (κ1) is 18.0. The second-order valence-corrected chi connectivity index (χ2v) is 7.57. The highest BCUT2D eigenvalue weighted by Gasteiger charge is 2.61. The lowest BCUT2D eigenvalue weighted by atomic mass is 9.97. The summed E-state index contributed by atoms with van der Waals surface area (Å²) >= 11 is 5.85. The van der Waals surface area contributed by atoms with Crippen LogP contribution in [0.1, 0.15) is 36.5 Å². The average molecular weight is 367 g/mol. The average Bonchev–Trinajstić information content (AvgIpc) is 3.09. The quantitative estimate of drug-likeness (QED) is 0.657. The van der Waals surface area contributed by atoms with Gasteiger partial charge >= 0.3 is 6.18 Å². The highest BCUT2D eigenvalue weighted by atomic mass is 35.5. The van der Waals surface area contributed by atoms with Crippen molar-refractivity contribution in [2.24, 2.45) is 11.3 Å². The maximum Gasteiger partial charge on any atom is 0.416 e. The molecule has 0 N–H and O–H groups in total. The lowest BCUT2D eigenvalue weighted by molar-refractivity contribution is -0.138. The van der Waals surface area contributed by atoms with E-state index < -0.39 is 11.7 Å². The fraction of sp³-hybridized carbons (Fsp3) is 0.350. The van der Waals surface area contributed by atoms with Gasteiger partial charge in [-0.2, -0.15) is 13.2 Å². The molecule has 0 bridgehead atoms. The predicted octanol–water partition coefficient (Wildman–Crippen LogP) is 5.91. The lowest BCUT2D eigenvalue weighted by Gasteiger charge is -2.13. The number of carbonyl (C=O) groups is 1. The van der Waals surface area contributed by atoms with Gasteiger partial charge in [0.05, 0.1) is 5.56 Å².